The Morgan fingerprint density at radius 3 is 2.28 bits per heavy atom. The van der Waals surface area contributed by atoms with Crippen LogP contribution in [0.3, 0.4) is 0 Å². The van der Waals surface area contributed by atoms with Gasteiger partial charge in [0.2, 0.25) is 5.82 Å². The van der Waals surface area contributed by atoms with Crippen molar-refractivity contribution in [3.05, 3.63) is 54.6 Å². The van der Waals surface area contributed by atoms with Crippen molar-refractivity contribution in [2.24, 2.45) is 0 Å². The van der Waals surface area contributed by atoms with Crippen LogP contribution in [-0.2, 0) is 0 Å². The Bertz CT molecular complexity index is 645. The number of hydrogen-bond donors (Lipinski definition) is 1. The third kappa shape index (κ3) is 1.96. The fourth-order valence-electron chi connectivity index (χ4n) is 1.65. The van der Waals surface area contributed by atoms with E-state index < -0.39 is 0 Å². The molecule has 0 fully saturated rings. The zero-order valence-electron chi connectivity index (χ0n) is 9.45. The van der Waals surface area contributed by atoms with Crippen LogP contribution in [0.25, 0.3) is 22.8 Å². The van der Waals surface area contributed by atoms with E-state index in [9.17, 15) is 5.11 Å². The Labute approximate surface area is 104 Å². The number of benzene rings is 2. The molecular formula is C14H10N2O2. The molecule has 0 aliphatic rings. The van der Waals surface area contributed by atoms with E-state index >= 15 is 0 Å². The van der Waals surface area contributed by atoms with Crippen LogP contribution in [0, 0.1) is 0 Å². The Hall–Kier alpha value is -2.62. The Morgan fingerprint density at radius 2 is 1.56 bits per heavy atom. The SMILES string of the molecule is Oc1ccc(-c2noc(-c3ccccc3)n2)cc1. The maximum absolute atomic E-state index is 9.22. The molecule has 0 amide bonds. The summed E-state index contributed by atoms with van der Waals surface area (Å²) in [6.07, 6.45) is 0. The molecule has 1 aromatic heterocycles. The quantitative estimate of drug-likeness (QED) is 0.745. The summed E-state index contributed by atoms with van der Waals surface area (Å²) in [6, 6.07) is 16.3. The molecule has 0 atom stereocenters. The number of hydrogen-bond acceptors (Lipinski definition) is 4. The second kappa shape index (κ2) is 4.33. The van der Waals surface area contributed by atoms with Crippen molar-refractivity contribution < 1.29 is 9.63 Å². The summed E-state index contributed by atoms with van der Waals surface area (Å²) in [7, 11) is 0. The Kier molecular flexibility index (Phi) is 2.53. The molecule has 0 unspecified atom stereocenters. The third-order valence-corrected chi connectivity index (χ3v) is 2.57. The fourth-order valence-corrected chi connectivity index (χ4v) is 1.65. The maximum atomic E-state index is 9.22. The number of nitrogens with zero attached hydrogens (tertiary/aromatic N) is 2. The van der Waals surface area contributed by atoms with Gasteiger partial charge in [-0.3, -0.25) is 0 Å². The van der Waals surface area contributed by atoms with Crippen molar-refractivity contribution in [2.45, 2.75) is 0 Å². The minimum Gasteiger partial charge on any atom is -0.508 e. The molecule has 1 N–H and O–H groups in total. The molecule has 0 saturated heterocycles. The van der Waals surface area contributed by atoms with Gasteiger partial charge in [0.25, 0.3) is 5.89 Å². The molecule has 4 heteroatoms. The predicted molar refractivity (Wildman–Crippen MR) is 66.8 cm³/mol. The van der Waals surface area contributed by atoms with E-state index in [0.29, 0.717) is 11.7 Å². The second-order valence-electron chi connectivity index (χ2n) is 3.84. The van der Waals surface area contributed by atoms with Gasteiger partial charge < -0.3 is 9.63 Å². The monoisotopic (exact) mass is 238 g/mol. The topological polar surface area (TPSA) is 59.2 Å². The summed E-state index contributed by atoms with van der Waals surface area (Å²) in [5, 5.41) is 13.1. The first-order valence-corrected chi connectivity index (χ1v) is 5.51. The van der Waals surface area contributed by atoms with E-state index in [1.54, 1.807) is 24.3 Å². The molecule has 0 bridgehead atoms. The van der Waals surface area contributed by atoms with Crippen LogP contribution in [0.2, 0.25) is 0 Å². The molecule has 0 spiro atoms. The lowest BCUT2D eigenvalue weighted by molar-refractivity contribution is 0.432. The summed E-state index contributed by atoms with van der Waals surface area (Å²) in [5.74, 6) is 1.21. The summed E-state index contributed by atoms with van der Waals surface area (Å²) in [5.41, 5.74) is 1.69. The van der Waals surface area contributed by atoms with Crippen LogP contribution in [-0.4, -0.2) is 15.2 Å². The average molecular weight is 238 g/mol. The Balaban J connectivity index is 1.97. The van der Waals surface area contributed by atoms with Gasteiger partial charge in [-0.05, 0) is 36.4 Å². The van der Waals surface area contributed by atoms with Crippen molar-refractivity contribution >= 4 is 0 Å². The van der Waals surface area contributed by atoms with Gasteiger partial charge in [-0.1, -0.05) is 23.4 Å². The van der Waals surface area contributed by atoms with Crippen molar-refractivity contribution in [1.29, 1.82) is 0 Å². The first-order valence-electron chi connectivity index (χ1n) is 5.51. The lowest BCUT2D eigenvalue weighted by Gasteiger charge is -1.94. The minimum atomic E-state index is 0.213. The van der Waals surface area contributed by atoms with Gasteiger partial charge in [-0.15, -0.1) is 0 Å². The molecule has 3 aromatic rings. The highest BCUT2D eigenvalue weighted by Crippen LogP contribution is 2.23. The maximum Gasteiger partial charge on any atom is 0.258 e. The minimum absolute atomic E-state index is 0.213. The molecule has 3 rings (SSSR count). The van der Waals surface area contributed by atoms with E-state index in [1.807, 2.05) is 30.3 Å². The van der Waals surface area contributed by atoms with Gasteiger partial charge in [0.15, 0.2) is 0 Å². The van der Waals surface area contributed by atoms with Crippen LogP contribution in [0.1, 0.15) is 0 Å². The van der Waals surface area contributed by atoms with Crippen LogP contribution in [0.4, 0.5) is 0 Å². The number of aromatic hydroxyl groups is 1. The standard InChI is InChI=1S/C14H10N2O2/c17-12-8-6-10(7-9-12)13-15-14(18-16-13)11-4-2-1-3-5-11/h1-9,17H. The van der Waals surface area contributed by atoms with Crippen LogP contribution in [0.5, 0.6) is 5.75 Å². The molecule has 4 nitrogen and oxygen atoms in total. The molecular weight excluding hydrogens is 228 g/mol. The smallest absolute Gasteiger partial charge is 0.258 e. The third-order valence-electron chi connectivity index (χ3n) is 2.57. The lowest BCUT2D eigenvalue weighted by Crippen LogP contribution is -1.80. The van der Waals surface area contributed by atoms with E-state index in [-0.39, 0.29) is 5.75 Å². The first-order chi connectivity index (χ1) is 8.83. The van der Waals surface area contributed by atoms with Gasteiger partial charge in [-0.2, -0.15) is 4.98 Å². The van der Waals surface area contributed by atoms with Crippen LogP contribution < -0.4 is 0 Å². The van der Waals surface area contributed by atoms with Crippen molar-refractivity contribution in [1.82, 2.24) is 10.1 Å². The summed E-state index contributed by atoms with van der Waals surface area (Å²) in [4.78, 5) is 4.32. The van der Waals surface area contributed by atoms with Gasteiger partial charge in [0, 0.05) is 11.1 Å². The van der Waals surface area contributed by atoms with E-state index in [1.165, 1.54) is 0 Å². The molecule has 0 radical (unpaired) electrons. The molecule has 0 aliphatic heterocycles. The summed E-state index contributed by atoms with van der Waals surface area (Å²) >= 11 is 0. The van der Waals surface area contributed by atoms with Gasteiger partial charge in [0.05, 0.1) is 0 Å². The molecule has 0 saturated carbocycles. The van der Waals surface area contributed by atoms with Gasteiger partial charge in [-0.25, -0.2) is 0 Å². The van der Waals surface area contributed by atoms with E-state index in [0.717, 1.165) is 11.1 Å². The molecule has 0 aliphatic carbocycles. The zero-order valence-corrected chi connectivity index (χ0v) is 9.45. The number of aromatic nitrogens is 2. The van der Waals surface area contributed by atoms with Gasteiger partial charge in [0.1, 0.15) is 5.75 Å². The lowest BCUT2D eigenvalue weighted by atomic mass is 10.2. The van der Waals surface area contributed by atoms with E-state index in [4.69, 9.17) is 4.52 Å². The summed E-state index contributed by atoms with van der Waals surface area (Å²) < 4.78 is 5.21. The highest BCUT2D eigenvalue weighted by atomic mass is 16.5. The molecule has 88 valence electrons. The van der Waals surface area contributed by atoms with Gasteiger partial charge >= 0.3 is 0 Å². The number of phenols is 1. The second-order valence-corrected chi connectivity index (χ2v) is 3.84. The highest BCUT2D eigenvalue weighted by molar-refractivity contribution is 5.60. The zero-order chi connectivity index (χ0) is 12.4. The van der Waals surface area contributed by atoms with Crippen LogP contribution >= 0.6 is 0 Å². The largest absolute Gasteiger partial charge is 0.508 e. The summed E-state index contributed by atoms with van der Waals surface area (Å²) in [6.45, 7) is 0. The molecule has 1 heterocycles. The normalized spacial score (nSPS) is 10.4. The van der Waals surface area contributed by atoms with E-state index in [2.05, 4.69) is 10.1 Å². The number of phenolic OH excluding ortho intramolecular Hbond substituents is 1. The van der Waals surface area contributed by atoms with Crippen molar-refractivity contribution in [2.75, 3.05) is 0 Å². The highest BCUT2D eigenvalue weighted by Gasteiger charge is 2.09. The molecule has 2 aromatic carbocycles. The van der Waals surface area contributed by atoms with Crippen LogP contribution in [0.15, 0.2) is 59.1 Å². The Morgan fingerprint density at radius 1 is 0.833 bits per heavy atom. The number of rotatable bonds is 2. The fraction of sp³-hybridized carbons (Fsp3) is 0. The predicted octanol–water partition coefficient (Wildman–Crippen LogP) is 3.11. The average Bonchev–Trinajstić information content (AvgIpc) is 2.90. The molecule has 18 heavy (non-hydrogen) atoms. The van der Waals surface area contributed by atoms with Crippen molar-refractivity contribution in [3.8, 4) is 28.6 Å². The van der Waals surface area contributed by atoms with Crippen molar-refractivity contribution in [3.63, 3.8) is 0 Å². The first kappa shape index (κ1) is 10.5.